The van der Waals surface area contributed by atoms with Gasteiger partial charge in [0.15, 0.2) is 0 Å². The molecule has 0 amide bonds. The van der Waals surface area contributed by atoms with Crippen molar-refractivity contribution in [2.75, 3.05) is 12.9 Å². The predicted molar refractivity (Wildman–Crippen MR) is 65.7 cm³/mol. The molecule has 1 heterocycles. The van der Waals surface area contributed by atoms with Gasteiger partial charge in [0.25, 0.3) is 0 Å². The van der Waals surface area contributed by atoms with E-state index >= 15 is 0 Å². The highest BCUT2D eigenvalue weighted by molar-refractivity contribution is 7.98. The van der Waals surface area contributed by atoms with Gasteiger partial charge in [0.05, 0.1) is 18.7 Å². The Hall–Kier alpha value is -1.77. The van der Waals surface area contributed by atoms with E-state index in [1.807, 2.05) is 0 Å². The lowest BCUT2D eigenvalue weighted by Crippen LogP contribution is -2.52. The second kappa shape index (κ2) is 5.71. The highest BCUT2D eigenvalue weighted by Crippen LogP contribution is 2.01. The van der Waals surface area contributed by atoms with Crippen molar-refractivity contribution >= 4 is 17.7 Å². The number of esters is 1. The molecule has 1 aromatic heterocycles. The summed E-state index contributed by atoms with van der Waals surface area (Å²) >= 11 is 1.05. The molecule has 9 heteroatoms. The van der Waals surface area contributed by atoms with Crippen molar-refractivity contribution in [3.8, 4) is 0 Å². The predicted octanol–water partition coefficient (Wildman–Crippen LogP) is -1.89. The fourth-order valence-electron chi connectivity index (χ4n) is 1.22. The number of carbonyl (C=O) groups is 1. The van der Waals surface area contributed by atoms with Crippen LogP contribution in [0, 0.1) is 0 Å². The maximum absolute atomic E-state index is 11.7. The zero-order chi connectivity index (χ0) is 13.9. The number of methoxy groups -OCH3 is 1. The first kappa shape index (κ1) is 14.3. The summed E-state index contributed by atoms with van der Waals surface area (Å²) in [5.74, 6) is -0.446. The van der Waals surface area contributed by atoms with E-state index in [-0.39, 0.29) is 11.6 Å². The SMILES string of the molecule is COC(=O)CSCn1c(=O)n(C)c(=O)n(C)c1=O. The summed E-state index contributed by atoms with van der Waals surface area (Å²) in [6.07, 6.45) is 0. The van der Waals surface area contributed by atoms with Gasteiger partial charge in [-0.05, 0) is 0 Å². The van der Waals surface area contributed by atoms with Crippen molar-refractivity contribution in [1.29, 1.82) is 0 Å². The second-order valence-corrected chi connectivity index (χ2v) is 4.40. The van der Waals surface area contributed by atoms with E-state index in [1.54, 1.807) is 0 Å². The number of hydrogen-bond donors (Lipinski definition) is 0. The molecule has 0 aromatic carbocycles. The molecule has 0 aliphatic rings. The van der Waals surface area contributed by atoms with Crippen molar-refractivity contribution in [3.05, 3.63) is 31.5 Å². The van der Waals surface area contributed by atoms with Crippen LogP contribution in [0.5, 0.6) is 0 Å². The molecule has 8 nitrogen and oxygen atoms in total. The van der Waals surface area contributed by atoms with Crippen LogP contribution in [0.1, 0.15) is 0 Å². The number of ether oxygens (including phenoxy) is 1. The van der Waals surface area contributed by atoms with Crippen molar-refractivity contribution in [2.45, 2.75) is 5.88 Å². The average Bonchev–Trinajstić information content (AvgIpc) is 2.37. The lowest BCUT2D eigenvalue weighted by atomic mass is 10.8. The number of nitrogens with zero attached hydrogens (tertiary/aromatic N) is 3. The molecule has 0 bridgehead atoms. The van der Waals surface area contributed by atoms with Crippen molar-refractivity contribution < 1.29 is 9.53 Å². The molecule has 0 saturated heterocycles. The smallest absolute Gasteiger partial charge is 0.336 e. The van der Waals surface area contributed by atoms with E-state index in [0.717, 1.165) is 25.5 Å². The lowest BCUT2D eigenvalue weighted by molar-refractivity contribution is -0.137. The van der Waals surface area contributed by atoms with E-state index in [9.17, 15) is 19.2 Å². The fraction of sp³-hybridized carbons (Fsp3) is 0.556. The van der Waals surface area contributed by atoms with Gasteiger partial charge in [-0.25, -0.2) is 28.1 Å². The van der Waals surface area contributed by atoms with Crippen LogP contribution in [-0.2, 0) is 29.5 Å². The molecule has 0 unspecified atom stereocenters. The van der Waals surface area contributed by atoms with Gasteiger partial charge in [0.2, 0.25) is 0 Å². The third-order valence-corrected chi connectivity index (χ3v) is 3.16. The van der Waals surface area contributed by atoms with Crippen LogP contribution in [0.25, 0.3) is 0 Å². The molecule has 1 aromatic rings. The number of hydrogen-bond acceptors (Lipinski definition) is 6. The largest absolute Gasteiger partial charge is 0.468 e. The van der Waals surface area contributed by atoms with E-state index < -0.39 is 23.0 Å². The third kappa shape index (κ3) is 2.73. The monoisotopic (exact) mass is 275 g/mol. The Bertz CT molecular complexity index is 586. The topological polar surface area (TPSA) is 92.3 Å². The van der Waals surface area contributed by atoms with Gasteiger partial charge < -0.3 is 4.74 Å². The van der Waals surface area contributed by atoms with Gasteiger partial charge in [0, 0.05) is 14.1 Å². The Morgan fingerprint density at radius 1 is 1.11 bits per heavy atom. The third-order valence-electron chi connectivity index (χ3n) is 2.28. The number of aromatic nitrogens is 3. The zero-order valence-corrected chi connectivity index (χ0v) is 11.0. The maximum Gasteiger partial charge on any atom is 0.336 e. The molecule has 0 atom stereocenters. The summed E-state index contributed by atoms with van der Waals surface area (Å²) in [6, 6.07) is 0. The Morgan fingerprint density at radius 3 is 2.06 bits per heavy atom. The Balaban J connectivity index is 3.05. The molecule has 18 heavy (non-hydrogen) atoms. The van der Waals surface area contributed by atoms with E-state index in [4.69, 9.17) is 0 Å². The summed E-state index contributed by atoms with van der Waals surface area (Å²) in [6.45, 7) is 0. The summed E-state index contributed by atoms with van der Waals surface area (Å²) in [5, 5.41) is 0. The van der Waals surface area contributed by atoms with Crippen LogP contribution < -0.4 is 17.1 Å². The minimum atomic E-state index is -0.708. The molecule has 0 aliphatic heterocycles. The van der Waals surface area contributed by atoms with Crippen LogP contribution in [0.3, 0.4) is 0 Å². The minimum absolute atomic E-state index is 0.0191. The van der Waals surface area contributed by atoms with Crippen LogP contribution in [0.15, 0.2) is 14.4 Å². The molecule has 0 spiro atoms. The molecule has 0 radical (unpaired) electrons. The summed E-state index contributed by atoms with van der Waals surface area (Å²) in [5.41, 5.74) is -2.10. The molecule has 0 saturated carbocycles. The Labute approximate surface area is 106 Å². The van der Waals surface area contributed by atoms with Gasteiger partial charge in [-0.2, -0.15) is 0 Å². The first-order valence-electron chi connectivity index (χ1n) is 4.91. The standard InChI is InChI=1S/C9H13N3O5S/c1-10-7(14)11(2)9(16)12(8(10)15)5-18-4-6(13)17-3/h4-5H2,1-3H3. The van der Waals surface area contributed by atoms with Crippen molar-refractivity contribution in [2.24, 2.45) is 14.1 Å². The van der Waals surface area contributed by atoms with Gasteiger partial charge in [-0.15, -0.1) is 11.8 Å². The molecule has 0 fully saturated rings. The van der Waals surface area contributed by atoms with Gasteiger partial charge in [-0.1, -0.05) is 0 Å². The Kier molecular flexibility index (Phi) is 4.54. The molecular weight excluding hydrogens is 262 g/mol. The van der Waals surface area contributed by atoms with E-state index in [1.165, 1.54) is 21.2 Å². The number of rotatable bonds is 4. The molecule has 0 aliphatic carbocycles. The van der Waals surface area contributed by atoms with Gasteiger partial charge >= 0.3 is 23.0 Å². The van der Waals surface area contributed by atoms with Gasteiger partial charge in [0.1, 0.15) is 0 Å². The number of thioether (sulfide) groups is 1. The maximum atomic E-state index is 11.7. The number of carbonyl (C=O) groups excluding carboxylic acids is 1. The van der Waals surface area contributed by atoms with E-state index in [0.29, 0.717) is 0 Å². The normalized spacial score (nSPS) is 10.4. The molecular formula is C9H13N3O5S. The van der Waals surface area contributed by atoms with Crippen LogP contribution >= 0.6 is 11.8 Å². The second-order valence-electron chi connectivity index (χ2n) is 3.45. The summed E-state index contributed by atoms with van der Waals surface area (Å²) in [4.78, 5) is 45.7. The first-order valence-corrected chi connectivity index (χ1v) is 6.07. The average molecular weight is 275 g/mol. The van der Waals surface area contributed by atoms with Crippen LogP contribution in [0.2, 0.25) is 0 Å². The summed E-state index contributed by atoms with van der Waals surface area (Å²) < 4.78 is 6.98. The zero-order valence-electron chi connectivity index (χ0n) is 10.2. The minimum Gasteiger partial charge on any atom is -0.468 e. The highest BCUT2D eigenvalue weighted by Gasteiger charge is 2.10. The highest BCUT2D eigenvalue weighted by atomic mass is 32.2. The first-order chi connectivity index (χ1) is 8.40. The van der Waals surface area contributed by atoms with Crippen molar-refractivity contribution in [1.82, 2.24) is 13.7 Å². The van der Waals surface area contributed by atoms with Crippen LogP contribution in [-0.4, -0.2) is 32.5 Å². The lowest BCUT2D eigenvalue weighted by Gasteiger charge is -2.07. The van der Waals surface area contributed by atoms with Crippen molar-refractivity contribution in [3.63, 3.8) is 0 Å². The Morgan fingerprint density at radius 2 is 1.61 bits per heavy atom. The van der Waals surface area contributed by atoms with Crippen LogP contribution in [0.4, 0.5) is 0 Å². The summed E-state index contributed by atoms with van der Waals surface area (Å²) in [7, 11) is 3.82. The van der Waals surface area contributed by atoms with Gasteiger partial charge in [-0.3, -0.25) is 4.79 Å². The van der Waals surface area contributed by atoms with E-state index in [2.05, 4.69) is 4.74 Å². The quantitative estimate of drug-likeness (QED) is 0.597. The molecule has 1 rings (SSSR count). The molecule has 100 valence electrons. The molecule has 0 N–H and O–H groups in total. The fourth-order valence-corrected chi connectivity index (χ4v) is 2.00.